The van der Waals surface area contributed by atoms with E-state index in [0.29, 0.717) is 11.1 Å². The topological polar surface area (TPSA) is 147 Å². The summed E-state index contributed by atoms with van der Waals surface area (Å²) in [5.74, 6) is -2.01. The summed E-state index contributed by atoms with van der Waals surface area (Å²) in [5, 5.41) is 3.04. The van der Waals surface area contributed by atoms with Crippen molar-refractivity contribution in [3.8, 4) is 0 Å². The first-order valence-electron chi connectivity index (χ1n) is 9.58. The van der Waals surface area contributed by atoms with E-state index in [1.165, 1.54) is 12.1 Å². The van der Waals surface area contributed by atoms with Gasteiger partial charge in [0, 0.05) is 10.9 Å². The molecule has 2 aromatic carbocycles. The Morgan fingerprint density at radius 1 is 0.875 bits per heavy atom. The molecule has 0 radical (unpaired) electrons. The number of hydrazine groups is 1. The highest BCUT2D eigenvalue weighted by Crippen LogP contribution is 2.24. The molecule has 4 N–H and O–H groups in total. The molecule has 1 heterocycles. The van der Waals surface area contributed by atoms with Crippen LogP contribution in [0.1, 0.15) is 21.7 Å². The van der Waals surface area contributed by atoms with Gasteiger partial charge >= 0.3 is 5.91 Å². The molecule has 10 nitrogen and oxygen atoms in total. The van der Waals surface area contributed by atoms with E-state index >= 15 is 0 Å². The quantitative estimate of drug-likeness (QED) is 0.387. The van der Waals surface area contributed by atoms with E-state index in [1.54, 1.807) is 31.2 Å². The molecule has 0 bridgehead atoms. The fourth-order valence-corrected chi connectivity index (χ4v) is 3.80. The number of sulfonamides is 1. The van der Waals surface area contributed by atoms with Gasteiger partial charge in [0.25, 0.3) is 5.91 Å². The number of carbonyl (C=O) groups excluding carboxylic acids is 3. The Kier molecular flexibility index (Phi) is 6.91. The fourth-order valence-electron chi connectivity index (χ4n) is 2.82. The summed E-state index contributed by atoms with van der Waals surface area (Å²) in [6, 6.07) is 13.3. The first kappa shape index (κ1) is 23.0. The van der Waals surface area contributed by atoms with Crippen molar-refractivity contribution < 1.29 is 27.2 Å². The molecule has 0 saturated carbocycles. The monoisotopic (exact) mass is 458 g/mol. The third-order valence-corrected chi connectivity index (χ3v) is 5.98. The van der Waals surface area contributed by atoms with Crippen LogP contribution in [0.2, 0.25) is 0 Å². The van der Waals surface area contributed by atoms with Crippen LogP contribution in [-0.4, -0.2) is 39.2 Å². The first-order valence-corrected chi connectivity index (χ1v) is 11.1. The molecule has 168 valence electrons. The van der Waals surface area contributed by atoms with Crippen LogP contribution in [0.15, 0.2) is 57.8 Å². The van der Waals surface area contributed by atoms with Crippen LogP contribution in [0.25, 0.3) is 11.0 Å². The molecule has 0 aliphatic heterocycles. The van der Waals surface area contributed by atoms with E-state index in [-0.39, 0.29) is 10.7 Å². The Morgan fingerprint density at radius 2 is 1.56 bits per heavy atom. The lowest BCUT2D eigenvalue weighted by Gasteiger charge is -2.09. The number of furan rings is 1. The number of para-hydroxylation sites is 1. The van der Waals surface area contributed by atoms with Crippen molar-refractivity contribution in [1.82, 2.24) is 20.9 Å². The maximum Gasteiger partial charge on any atom is 0.305 e. The molecule has 3 aromatic rings. The smallest absolute Gasteiger partial charge is 0.305 e. The number of fused-ring (bicyclic) bond motifs is 1. The van der Waals surface area contributed by atoms with Crippen LogP contribution in [0.5, 0.6) is 0 Å². The molecule has 11 heteroatoms. The maximum atomic E-state index is 12.3. The van der Waals surface area contributed by atoms with Crippen molar-refractivity contribution in [3.05, 3.63) is 65.4 Å². The molecule has 1 aromatic heterocycles. The van der Waals surface area contributed by atoms with Crippen molar-refractivity contribution in [1.29, 1.82) is 0 Å². The van der Waals surface area contributed by atoms with Gasteiger partial charge in [-0.15, -0.1) is 0 Å². The minimum atomic E-state index is -3.86. The molecule has 0 aliphatic carbocycles. The summed E-state index contributed by atoms with van der Waals surface area (Å²) in [5.41, 5.74) is 6.44. The highest BCUT2D eigenvalue weighted by molar-refractivity contribution is 7.89. The van der Waals surface area contributed by atoms with Gasteiger partial charge in [0.15, 0.2) is 5.76 Å². The number of hydrogen-bond donors (Lipinski definition) is 4. The second-order valence-corrected chi connectivity index (χ2v) is 8.74. The number of hydrogen-bond acceptors (Lipinski definition) is 6. The van der Waals surface area contributed by atoms with Crippen LogP contribution in [0.4, 0.5) is 0 Å². The van der Waals surface area contributed by atoms with E-state index < -0.39 is 40.8 Å². The minimum Gasteiger partial charge on any atom is -0.451 e. The molecule has 0 spiro atoms. The zero-order valence-electron chi connectivity index (χ0n) is 17.4. The standard InChI is InChI=1S/C21H22N4O6S/c1-13-7-9-15(10-8-13)32(29,30)23-12-18(26)22-11-19(27)24-25-21(28)20-14(2)16-5-3-4-6-17(16)31-20/h3-10,23H,11-12H2,1-2H3,(H,22,26)(H,24,27)(H,25,28). The lowest BCUT2D eigenvalue weighted by atomic mass is 10.1. The molecule has 0 atom stereocenters. The highest BCUT2D eigenvalue weighted by atomic mass is 32.2. The molecular weight excluding hydrogens is 436 g/mol. The molecule has 0 aliphatic rings. The number of carbonyl (C=O) groups is 3. The Labute approximate surface area is 184 Å². The number of nitrogens with one attached hydrogen (secondary N) is 4. The third kappa shape index (κ3) is 5.50. The molecule has 0 unspecified atom stereocenters. The van der Waals surface area contributed by atoms with Crippen LogP contribution < -0.4 is 20.9 Å². The Balaban J connectivity index is 1.44. The molecular formula is C21H22N4O6S. The lowest BCUT2D eigenvalue weighted by molar-refractivity contribution is -0.125. The Hall–Kier alpha value is -3.70. The summed E-state index contributed by atoms with van der Waals surface area (Å²) in [7, 11) is -3.86. The zero-order valence-corrected chi connectivity index (χ0v) is 18.2. The fraction of sp³-hybridized carbons (Fsp3) is 0.190. The summed E-state index contributed by atoms with van der Waals surface area (Å²) < 4.78 is 32.0. The van der Waals surface area contributed by atoms with Crippen molar-refractivity contribution >= 4 is 38.7 Å². The summed E-state index contributed by atoms with van der Waals surface area (Å²) in [4.78, 5) is 36.0. The van der Waals surface area contributed by atoms with E-state index in [2.05, 4.69) is 20.9 Å². The minimum absolute atomic E-state index is 0.0252. The zero-order chi connectivity index (χ0) is 23.3. The predicted molar refractivity (Wildman–Crippen MR) is 116 cm³/mol. The number of amides is 3. The third-order valence-electron chi connectivity index (χ3n) is 4.57. The summed E-state index contributed by atoms with van der Waals surface area (Å²) in [6.07, 6.45) is 0. The molecule has 0 fully saturated rings. The van der Waals surface area contributed by atoms with Gasteiger partial charge in [0.05, 0.1) is 18.0 Å². The lowest BCUT2D eigenvalue weighted by Crippen LogP contribution is -2.47. The number of aryl methyl sites for hydroxylation is 2. The van der Waals surface area contributed by atoms with Crippen LogP contribution >= 0.6 is 0 Å². The highest BCUT2D eigenvalue weighted by Gasteiger charge is 2.18. The predicted octanol–water partition coefficient (Wildman–Crippen LogP) is 0.905. The van der Waals surface area contributed by atoms with Gasteiger partial charge in [-0.2, -0.15) is 0 Å². The van der Waals surface area contributed by atoms with E-state index in [9.17, 15) is 22.8 Å². The molecule has 0 saturated heterocycles. The van der Waals surface area contributed by atoms with Crippen molar-refractivity contribution in [3.63, 3.8) is 0 Å². The normalized spacial score (nSPS) is 11.2. The van der Waals surface area contributed by atoms with Gasteiger partial charge in [-0.05, 0) is 32.0 Å². The van der Waals surface area contributed by atoms with Crippen molar-refractivity contribution in [2.45, 2.75) is 18.7 Å². The average Bonchev–Trinajstić information content (AvgIpc) is 3.12. The second kappa shape index (κ2) is 9.62. The van der Waals surface area contributed by atoms with E-state index in [0.717, 1.165) is 10.9 Å². The average molecular weight is 458 g/mol. The van der Waals surface area contributed by atoms with Gasteiger partial charge in [0.1, 0.15) is 5.58 Å². The summed E-state index contributed by atoms with van der Waals surface area (Å²) in [6.45, 7) is 2.53. The van der Waals surface area contributed by atoms with Gasteiger partial charge in [0.2, 0.25) is 15.9 Å². The van der Waals surface area contributed by atoms with Crippen LogP contribution in [0.3, 0.4) is 0 Å². The molecule has 3 amide bonds. The van der Waals surface area contributed by atoms with Crippen molar-refractivity contribution in [2.75, 3.05) is 13.1 Å². The number of benzene rings is 2. The van der Waals surface area contributed by atoms with Crippen LogP contribution in [0, 0.1) is 13.8 Å². The van der Waals surface area contributed by atoms with Gasteiger partial charge in [-0.1, -0.05) is 35.9 Å². The summed E-state index contributed by atoms with van der Waals surface area (Å²) >= 11 is 0. The van der Waals surface area contributed by atoms with Gasteiger partial charge in [-0.3, -0.25) is 25.2 Å². The first-order chi connectivity index (χ1) is 15.2. The number of rotatable bonds is 7. The molecule has 3 rings (SSSR count). The largest absolute Gasteiger partial charge is 0.451 e. The SMILES string of the molecule is Cc1ccc(S(=O)(=O)NCC(=O)NCC(=O)NNC(=O)c2oc3ccccc3c2C)cc1. The van der Waals surface area contributed by atoms with E-state index in [1.807, 2.05) is 19.1 Å². The Bertz CT molecular complexity index is 1270. The van der Waals surface area contributed by atoms with Gasteiger partial charge in [-0.25, -0.2) is 13.1 Å². The second-order valence-electron chi connectivity index (χ2n) is 6.97. The van der Waals surface area contributed by atoms with Crippen LogP contribution in [-0.2, 0) is 19.6 Å². The van der Waals surface area contributed by atoms with Crippen molar-refractivity contribution in [2.24, 2.45) is 0 Å². The molecule has 32 heavy (non-hydrogen) atoms. The Morgan fingerprint density at radius 3 is 2.25 bits per heavy atom. The van der Waals surface area contributed by atoms with Gasteiger partial charge < -0.3 is 9.73 Å². The van der Waals surface area contributed by atoms with E-state index in [4.69, 9.17) is 4.42 Å². The maximum absolute atomic E-state index is 12.3.